The fraction of sp³-hybridized carbons (Fsp3) is 0.250. The lowest BCUT2D eigenvalue weighted by molar-refractivity contribution is 0.338. The Hall–Kier alpha value is -0.880. The molecule has 3 aromatic rings. The molecule has 0 aliphatic heterocycles. The molecule has 0 bridgehead atoms. The van der Waals surface area contributed by atoms with Gasteiger partial charge in [-0.25, -0.2) is 0 Å². The number of fused-ring (bicyclic) bond motifs is 1. The highest BCUT2D eigenvalue weighted by molar-refractivity contribution is 9.10. The standard InChI is InChI=1S/C16H16BrNOS2/c1-3-19-12-5-4-10(8-11(12)17)16(18-2)15-9-14-13(21-15)6-7-20-14/h4-9,16,18H,3H2,1-2H3. The third-order valence-electron chi connectivity index (χ3n) is 3.32. The number of halogens is 1. The predicted molar refractivity (Wildman–Crippen MR) is 95.9 cm³/mol. The highest BCUT2D eigenvalue weighted by atomic mass is 79.9. The number of hydrogen-bond donors (Lipinski definition) is 1. The van der Waals surface area contributed by atoms with Gasteiger partial charge >= 0.3 is 0 Å². The second-order valence-corrected chi connectivity index (χ2v) is 7.56. The van der Waals surface area contributed by atoms with Gasteiger partial charge in [0.05, 0.1) is 17.1 Å². The molecule has 2 aromatic heterocycles. The van der Waals surface area contributed by atoms with Crippen molar-refractivity contribution in [2.24, 2.45) is 0 Å². The molecule has 3 rings (SSSR count). The Morgan fingerprint density at radius 3 is 2.76 bits per heavy atom. The van der Waals surface area contributed by atoms with E-state index in [1.807, 2.05) is 31.4 Å². The highest BCUT2D eigenvalue weighted by Crippen LogP contribution is 2.37. The SMILES string of the molecule is CCOc1ccc(C(NC)c2cc3sccc3s2)cc1Br. The van der Waals surface area contributed by atoms with Crippen molar-refractivity contribution in [3.05, 3.63) is 50.6 Å². The Balaban J connectivity index is 1.95. The van der Waals surface area contributed by atoms with Gasteiger partial charge in [-0.05, 0) is 65.1 Å². The van der Waals surface area contributed by atoms with E-state index in [1.165, 1.54) is 19.8 Å². The van der Waals surface area contributed by atoms with Crippen molar-refractivity contribution in [2.45, 2.75) is 13.0 Å². The van der Waals surface area contributed by atoms with E-state index in [4.69, 9.17) is 4.74 Å². The van der Waals surface area contributed by atoms with Crippen LogP contribution in [0.4, 0.5) is 0 Å². The monoisotopic (exact) mass is 381 g/mol. The van der Waals surface area contributed by atoms with Crippen molar-refractivity contribution >= 4 is 48.0 Å². The van der Waals surface area contributed by atoms with Gasteiger partial charge < -0.3 is 10.1 Å². The maximum atomic E-state index is 5.58. The maximum Gasteiger partial charge on any atom is 0.133 e. The Labute approximate surface area is 140 Å². The van der Waals surface area contributed by atoms with Crippen LogP contribution in [0.5, 0.6) is 5.75 Å². The summed E-state index contributed by atoms with van der Waals surface area (Å²) in [4.78, 5) is 1.34. The number of rotatable bonds is 5. The van der Waals surface area contributed by atoms with Crippen LogP contribution < -0.4 is 10.1 Å². The number of thiophene rings is 2. The van der Waals surface area contributed by atoms with Gasteiger partial charge in [0.25, 0.3) is 0 Å². The van der Waals surface area contributed by atoms with Crippen LogP contribution in [-0.2, 0) is 0 Å². The minimum Gasteiger partial charge on any atom is -0.493 e. The van der Waals surface area contributed by atoms with E-state index in [0.29, 0.717) is 6.61 Å². The van der Waals surface area contributed by atoms with Crippen LogP contribution in [0.2, 0.25) is 0 Å². The van der Waals surface area contributed by atoms with Crippen LogP contribution in [-0.4, -0.2) is 13.7 Å². The molecule has 0 radical (unpaired) electrons. The highest BCUT2D eigenvalue weighted by Gasteiger charge is 2.17. The predicted octanol–water partition coefficient (Wildman–Crippen LogP) is 5.43. The Morgan fingerprint density at radius 1 is 1.24 bits per heavy atom. The first-order valence-electron chi connectivity index (χ1n) is 6.79. The van der Waals surface area contributed by atoms with Gasteiger partial charge in [0.15, 0.2) is 0 Å². The van der Waals surface area contributed by atoms with Crippen LogP contribution in [0.15, 0.2) is 40.2 Å². The van der Waals surface area contributed by atoms with E-state index in [2.05, 4.69) is 50.9 Å². The fourth-order valence-corrected chi connectivity index (χ4v) is 5.14. The largest absolute Gasteiger partial charge is 0.493 e. The maximum absolute atomic E-state index is 5.58. The molecule has 0 saturated heterocycles. The molecule has 21 heavy (non-hydrogen) atoms. The molecule has 2 nitrogen and oxygen atoms in total. The molecule has 0 amide bonds. The van der Waals surface area contributed by atoms with Crippen LogP contribution in [0.25, 0.3) is 9.40 Å². The average molecular weight is 382 g/mol. The smallest absolute Gasteiger partial charge is 0.133 e. The molecule has 110 valence electrons. The lowest BCUT2D eigenvalue weighted by atomic mass is 10.1. The zero-order chi connectivity index (χ0) is 14.8. The summed E-state index contributed by atoms with van der Waals surface area (Å²) in [6.45, 7) is 2.67. The second-order valence-electron chi connectivity index (χ2n) is 4.64. The van der Waals surface area contributed by atoms with Gasteiger partial charge in [-0.15, -0.1) is 22.7 Å². The van der Waals surface area contributed by atoms with Crippen molar-refractivity contribution in [3.63, 3.8) is 0 Å². The Morgan fingerprint density at radius 2 is 2.10 bits per heavy atom. The van der Waals surface area contributed by atoms with E-state index >= 15 is 0 Å². The minimum atomic E-state index is 0.210. The minimum absolute atomic E-state index is 0.210. The van der Waals surface area contributed by atoms with Crippen LogP contribution in [0.3, 0.4) is 0 Å². The fourth-order valence-electron chi connectivity index (χ4n) is 2.37. The molecule has 0 fully saturated rings. The summed E-state index contributed by atoms with van der Waals surface area (Å²) in [6, 6.07) is 11.0. The van der Waals surface area contributed by atoms with E-state index in [0.717, 1.165) is 10.2 Å². The van der Waals surface area contributed by atoms with Gasteiger partial charge in [-0.1, -0.05) is 6.07 Å². The third-order valence-corrected chi connectivity index (χ3v) is 6.10. The lowest BCUT2D eigenvalue weighted by Gasteiger charge is -2.16. The molecule has 1 aromatic carbocycles. The third kappa shape index (κ3) is 3.01. The number of nitrogens with one attached hydrogen (secondary N) is 1. The first-order valence-corrected chi connectivity index (χ1v) is 9.28. The summed E-state index contributed by atoms with van der Waals surface area (Å²) < 4.78 is 9.31. The van der Waals surface area contributed by atoms with Gasteiger partial charge in [-0.3, -0.25) is 0 Å². The number of benzene rings is 1. The van der Waals surface area contributed by atoms with Crippen LogP contribution in [0.1, 0.15) is 23.4 Å². The topological polar surface area (TPSA) is 21.3 Å². The van der Waals surface area contributed by atoms with Gasteiger partial charge in [0.2, 0.25) is 0 Å². The summed E-state index contributed by atoms with van der Waals surface area (Å²) in [5, 5.41) is 5.56. The van der Waals surface area contributed by atoms with E-state index in [1.54, 1.807) is 11.3 Å². The van der Waals surface area contributed by atoms with E-state index in [-0.39, 0.29) is 6.04 Å². The van der Waals surface area contributed by atoms with Gasteiger partial charge in [0.1, 0.15) is 5.75 Å². The summed E-state index contributed by atoms with van der Waals surface area (Å²) in [7, 11) is 2.00. The summed E-state index contributed by atoms with van der Waals surface area (Å²) in [5.74, 6) is 0.892. The molecule has 5 heteroatoms. The summed E-state index contributed by atoms with van der Waals surface area (Å²) in [5.41, 5.74) is 1.24. The van der Waals surface area contributed by atoms with Crippen molar-refractivity contribution in [1.29, 1.82) is 0 Å². The average Bonchev–Trinajstić information content (AvgIpc) is 3.04. The molecular formula is C16H16BrNOS2. The van der Waals surface area contributed by atoms with Crippen molar-refractivity contribution in [1.82, 2.24) is 5.32 Å². The molecule has 0 saturated carbocycles. The first kappa shape index (κ1) is 15.0. The number of ether oxygens (including phenoxy) is 1. The van der Waals surface area contributed by atoms with E-state index < -0.39 is 0 Å². The summed E-state index contributed by atoms with van der Waals surface area (Å²) in [6.07, 6.45) is 0. The molecule has 0 aliphatic rings. The zero-order valence-corrected chi connectivity index (χ0v) is 15.1. The molecule has 1 N–H and O–H groups in total. The lowest BCUT2D eigenvalue weighted by Crippen LogP contribution is -2.16. The van der Waals surface area contributed by atoms with Gasteiger partial charge in [-0.2, -0.15) is 0 Å². The second kappa shape index (κ2) is 6.48. The molecule has 0 spiro atoms. The molecule has 1 atom stereocenters. The zero-order valence-electron chi connectivity index (χ0n) is 11.9. The van der Waals surface area contributed by atoms with Crippen molar-refractivity contribution in [2.75, 3.05) is 13.7 Å². The molecule has 0 aliphatic carbocycles. The van der Waals surface area contributed by atoms with Crippen molar-refractivity contribution in [3.8, 4) is 5.75 Å². The van der Waals surface area contributed by atoms with Crippen LogP contribution in [0, 0.1) is 0 Å². The normalized spacial score (nSPS) is 12.7. The van der Waals surface area contributed by atoms with E-state index in [9.17, 15) is 0 Å². The Bertz CT molecular complexity index is 721. The number of hydrogen-bond acceptors (Lipinski definition) is 4. The molecule has 2 heterocycles. The quantitative estimate of drug-likeness (QED) is 0.635. The molecule has 1 unspecified atom stereocenters. The first-order chi connectivity index (χ1) is 10.2. The summed E-state index contributed by atoms with van der Waals surface area (Å²) >= 11 is 7.25. The van der Waals surface area contributed by atoms with Crippen molar-refractivity contribution < 1.29 is 4.74 Å². The molecular weight excluding hydrogens is 366 g/mol. The van der Waals surface area contributed by atoms with Gasteiger partial charge in [0, 0.05) is 14.3 Å². The van der Waals surface area contributed by atoms with Crippen LogP contribution >= 0.6 is 38.6 Å². The Kier molecular flexibility index (Phi) is 4.64.